The van der Waals surface area contributed by atoms with Crippen LogP contribution in [0.1, 0.15) is 68.3 Å². The molecule has 244 valence electrons. The van der Waals surface area contributed by atoms with Crippen molar-refractivity contribution in [1.82, 2.24) is 19.8 Å². The molecular formula is C35H42ClN5O5. The van der Waals surface area contributed by atoms with Gasteiger partial charge in [-0.25, -0.2) is 4.98 Å². The molecule has 2 spiro atoms. The van der Waals surface area contributed by atoms with Crippen LogP contribution in [0.3, 0.4) is 0 Å². The number of carbonyl (C=O) groups excluding carboxylic acids is 3. The molecule has 0 radical (unpaired) electrons. The molecule has 2 aliphatic carbocycles. The quantitative estimate of drug-likeness (QED) is 0.283. The number of piperidine rings is 6. The monoisotopic (exact) mass is 647 g/mol. The van der Waals surface area contributed by atoms with E-state index in [0.717, 1.165) is 33.8 Å². The number of nitrogens with two attached hydrogens (primary N) is 1. The zero-order chi connectivity index (χ0) is 31.0. The number of hydrogen-bond acceptors (Lipinski definition) is 10. The summed E-state index contributed by atoms with van der Waals surface area (Å²) in [6.45, 7) is 5.15. The van der Waals surface area contributed by atoms with Crippen LogP contribution in [0.5, 0.6) is 0 Å². The summed E-state index contributed by atoms with van der Waals surface area (Å²) >= 11 is 0. The smallest absolute Gasteiger partial charge is 0.373 e. The standard InChI is InChI=1S/C18H20N2O2.C9H16N2.C7H5NO.CO2.ClH/c21-16(15-9-13-3-8-22-17(13)11-19-15)10-14-12-1-6-20(7-2-12)18(14)4-5-18;10-8-7-1-5-11(6-2-7)9(8)3-4-9;1-3-8-5-7-6(1)2-4-9-7;2-1-3;/h3,8-9,11-12,14H,1-2,4-7,10H2;7-8H,1-6,10H2;1-5H;;1H/t14-;8-;;;/m00.../s1. The van der Waals surface area contributed by atoms with Crippen LogP contribution in [0.2, 0.25) is 0 Å². The van der Waals surface area contributed by atoms with Crippen molar-refractivity contribution in [3.8, 4) is 0 Å². The van der Waals surface area contributed by atoms with Gasteiger partial charge in [-0.2, -0.15) is 9.59 Å². The minimum absolute atomic E-state index is 0. The maximum absolute atomic E-state index is 12.8. The van der Waals surface area contributed by atoms with Crippen LogP contribution in [0.15, 0.2) is 64.2 Å². The molecule has 6 saturated heterocycles. The van der Waals surface area contributed by atoms with E-state index in [-0.39, 0.29) is 24.3 Å². The molecule has 8 fully saturated rings. The summed E-state index contributed by atoms with van der Waals surface area (Å²) in [4.78, 5) is 42.5. The van der Waals surface area contributed by atoms with Crippen LogP contribution in [0.4, 0.5) is 0 Å². The molecule has 8 aliphatic rings. The number of nitrogens with zero attached hydrogens (tertiary/aromatic N) is 4. The average Bonchev–Trinajstić information content (AvgIpc) is 3.94. The number of halogens is 1. The van der Waals surface area contributed by atoms with Crippen molar-refractivity contribution in [2.75, 3.05) is 26.2 Å². The van der Waals surface area contributed by atoms with Gasteiger partial charge < -0.3 is 14.6 Å². The lowest BCUT2D eigenvalue weighted by Crippen LogP contribution is -2.63. The topological polar surface area (TPSA) is 136 Å². The molecule has 2 saturated carbocycles. The number of Topliss-reactive ketones (excluding diaryl/α,β-unsaturated/α-hetero) is 1. The van der Waals surface area contributed by atoms with Crippen molar-refractivity contribution < 1.29 is 23.2 Å². The van der Waals surface area contributed by atoms with Crippen LogP contribution >= 0.6 is 12.4 Å². The largest absolute Gasteiger partial charge is 0.463 e. The summed E-state index contributed by atoms with van der Waals surface area (Å²) < 4.78 is 10.4. The highest BCUT2D eigenvalue weighted by atomic mass is 35.5. The first-order valence-corrected chi connectivity index (χ1v) is 16.4. The second-order valence-electron chi connectivity index (χ2n) is 13.6. The van der Waals surface area contributed by atoms with E-state index in [1.165, 1.54) is 77.5 Å². The number of rotatable bonds is 3. The highest BCUT2D eigenvalue weighted by Gasteiger charge is 2.60. The Bertz CT molecular complexity index is 1640. The SMILES string of the molecule is Cl.N[C@H]1C2CCN(CC2)C12CC2.O=C(C[C@H]1C2CCN(CC2)C12CC2)c1cc2ccoc2cn1.O=C=O.c1cc2ccoc2cn1. The molecule has 4 aromatic heterocycles. The Morgan fingerprint density at radius 1 is 0.848 bits per heavy atom. The molecule has 46 heavy (non-hydrogen) atoms. The molecule has 11 heteroatoms. The first-order valence-electron chi connectivity index (χ1n) is 16.4. The van der Waals surface area contributed by atoms with Crippen molar-refractivity contribution in [2.24, 2.45) is 23.5 Å². The first kappa shape index (κ1) is 32.5. The Balaban J connectivity index is 0.000000129. The van der Waals surface area contributed by atoms with E-state index in [9.17, 15) is 4.79 Å². The van der Waals surface area contributed by atoms with E-state index < -0.39 is 0 Å². The number of carbonyl (C=O) groups is 1. The van der Waals surface area contributed by atoms with Gasteiger partial charge in [0, 0.05) is 40.5 Å². The van der Waals surface area contributed by atoms with Crippen LogP contribution in [0.25, 0.3) is 21.9 Å². The highest BCUT2D eigenvalue weighted by Crippen LogP contribution is 2.58. The van der Waals surface area contributed by atoms with Crippen LogP contribution in [0, 0.1) is 17.8 Å². The van der Waals surface area contributed by atoms with Crippen molar-refractivity contribution in [3.05, 3.63) is 61.1 Å². The summed E-state index contributed by atoms with van der Waals surface area (Å²) in [5.74, 6) is 2.36. The lowest BCUT2D eigenvalue weighted by Gasteiger charge is -2.52. The van der Waals surface area contributed by atoms with E-state index in [1.807, 2.05) is 24.3 Å². The van der Waals surface area contributed by atoms with Gasteiger partial charge in [-0.3, -0.25) is 19.6 Å². The summed E-state index contributed by atoms with van der Waals surface area (Å²) in [5.41, 5.74) is 9.30. The van der Waals surface area contributed by atoms with E-state index in [2.05, 4.69) is 19.8 Å². The number of pyridine rings is 2. The minimum atomic E-state index is 0. The Labute approximate surface area is 274 Å². The van der Waals surface area contributed by atoms with Crippen molar-refractivity contribution >= 4 is 46.3 Å². The van der Waals surface area contributed by atoms with E-state index in [0.29, 0.717) is 35.2 Å². The second kappa shape index (κ2) is 13.4. The molecule has 2 N–H and O–H groups in total. The Morgan fingerprint density at radius 2 is 1.41 bits per heavy atom. The highest BCUT2D eigenvalue weighted by molar-refractivity contribution is 5.97. The Morgan fingerprint density at radius 3 is 1.98 bits per heavy atom. The van der Waals surface area contributed by atoms with Gasteiger partial charge in [0.1, 0.15) is 5.69 Å². The molecular weight excluding hydrogens is 606 g/mol. The van der Waals surface area contributed by atoms with Gasteiger partial charge >= 0.3 is 6.15 Å². The zero-order valence-electron chi connectivity index (χ0n) is 26.0. The number of fused-ring (bicyclic) bond motifs is 6. The van der Waals surface area contributed by atoms with Gasteiger partial charge in [0.25, 0.3) is 0 Å². The molecule has 2 atom stereocenters. The number of ketones is 1. The first-order chi connectivity index (χ1) is 22.0. The van der Waals surface area contributed by atoms with Gasteiger partial charge in [0.05, 0.1) is 24.9 Å². The minimum Gasteiger partial charge on any atom is -0.463 e. The van der Waals surface area contributed by atoms with E-state index in [1.54, 1.807) is 31.1 Å². The molecule has 0 aromatic carbocycles. The molecule has 4 bridgehead atoms. The molecule has 6 aliphatic heterocycles. The van der Waals surface area contributed by atoms with Crippen molar-refractivity contribution in [3.63, 3.8) is 0 Å². The third-order valence-corrected chi connectivity index (χ3v) is 11.5. The zero-order valence-corrected chi connectivity index (χ0v) is 26.8. The predicted molar refractivity (Wildman–Crippen MR) is 173 cm³/mol. The van der Waals surface area contributed by atoms with E-state index in [4.69, 9.17) is 24.2 Å². The summed E-state index contributed by atoms with van der Waals surface area (Å²) in [5, 5.41) is 2.07. The average molecular weight is 648 g/mol. The lowest BCUT2D eigenvalue weighted by atomic mass is 9.69. The fraction of sp³-hybridized carbons (Fsp3) is 0.543. The Kier molecular flexibility index (Phi) is 9.46. The Hall–Kier alpha value is -3.40. The predicted octanol–water partition coefficient (Wildman–Crippen LogP) is 5.51. The van der Waals surface area contributed by atoms with Crippen LogP contribution < -0.4 is 5.73 Å². The fourth-order valence-corrected chi connectivity index (χ4v) is 8.86. The van der Waals surface area contributed by atoms with Crippen LogP contribution in [-0.2, 0) is 9.59 Å². The molecule has 10 heterocycles. The second-order valence-corrected chi connectivity index (χ2v) is 13.6. The van der Waals surface area contributed by atoms with Gasteiger partial charge in [-0.05, 0) is 120 Å². The lowest BCUT2D eigenvalue weighted by molar-refractivity contribution is -0.191. The molecule has 10 nitrogen and oxygen atoms in total. The summed E-state index contributed by atoms with van der Waals surface area (Å²) in [7, 11) is 0. The number of hydrogen-bond donors (Lipinski definition) is 1. The van der Waals surface area contributed by atoms with Crippen LogP contribution in [-0.4, -0.2) is 75.0 Å². The van der Waals surface area contributed by atoms with Gasteiger partial charge in [0.2, 0.25) is 0 Å². The van der Waals surface area contributed by atoms with Gasteiger partial charge in [-0.15, -0.1) is 12.4 Å². The third kappa shape index (κ3) is 6.05. The molecule has 4 aromatic rings. The van der Waals surface area contributed by atoms with Crippen molar-refractivity contribution in [2.45, 2.75) is 74.9 Å². The maximum Gasteiger partial charge on any atom is 0.373 e. The fourth-order valence-electron chi connectivity index (χ4n) is 8.86. The summed E-state index contributed by atoms with van der Waals surface area (Å²) in [6, 6.07) is 8.12. The molecule has 0 unspecified atom stereocenters. The third-order valence-electron chi connectivity index (χ3n) is 11.5. The number of aromatic nitrogens is 2. The number of furan rings is 2. The van der Waals surface area contributed by atoms with E-state index >= 15 is 0 Å². The molecule has 12 rings (SSSR count). The summed E-state index contributed by atoms with van der Waals surface area (Å²) in [6.07, 6.45) is 19.9. The molecule has 0 amide bonds. The van der Waals surface area contributed by atoms with Gasteiger partial charge in [0.15, 0.2) is 16.9 Å². The maximum atomic E-state index is 12.8. The normalized spacial score (nSPS) is 29.7. The van der Waals surface area contributed by atoms with Gasteiger partial charge in [-0.1, -0.05) is 0 Å². The van der Waals surface area contributed by atoms with Crippen molar-refractivity contribution in [1.29, 1.82) is 0 Å².